The van der Waals surface area contributed by atoms with Gasteiger partial charge in [-0.25, -0.2) is 19.7 Å². The normalized spacial score (nSPS) is 10.9. The van der Waals surface area contributed by atoms with E-state index in [0.717, 1.165) is 5.56 Å². The van der Waals surface area contributed by atoms with Gasteiger partial charge in [-0.05, 0) is 30.7 Å². The van der Waals surface area contributed by atoms with Crippen LogP contribution in [0.5, 0.6) is 5.75 Å². The topological polar surface area (TPSA) is 105 Å². The van der Waals surface area contributed by atoms with Crippen LogP contribution in [0, 0.1) is 0 Å². The number of ether oxygens (including phenoxy) is 2. The van der Waals surface area contributed by atoms with Gasteiger partial charge >= 0.3 is 5.97 Å². The molecule has 0 atom stereocenters. The molecule has 8 nitrogen and oxygen atoms in total. The average molecular weight is 472 g/mol. The number of fused-ring (bicyclic) bond motifs is 1. The first-order chi connectivity index (χ1) is 15.5. The Hall–Kier alpha value is -3.36. The zero-order valence-corrected chi connectivity index (χ0v) is 18.4. The van der Waals surface area contributed by atoms with Gasteiger partial charge in [-0.15, -0.1) is 0 Å². The van der Waals surface area contributed by atoms with Crippen molar-refractivity contribution in [1.82, 2.24) is 19.5 Å². The molecule has 0 fully saturated rings. The van der Waals surface area contributed by atoms with E-state index in [1.807, 2.05) is 4.57 Å². The van der Waals surface area contributed by atoms with E-state index in [4.69, 9.17) is 38.4 Å². The van der Waals surface area contributed by atoms with Gasteiger partial charge in [0.2, 0.25) is 0 Å². The van der Waals surface area contributed by atoms with Crippen molar-refractivity contribution in [3.63, 3.8) is 0 Å². The van der Waals surface area contributed by atoms with Crippen LogP contribution >= 0.6 is 23.2 Å². The second-order valence-electron chi connectivity index (χ2n) is 6.88. The van der Waals surface area contributed by atoms with Crippen LogP contribution in [-0.4, -0.2) is 32.1 Å². The predicted molar refractivity (Wildman–Crippen MR) is 122 cm³/mol. The number of para-hydroxylation sites is 1. The molecule has 2 aromatic heterocycles. The van der Waals surface area contributed by atoms with Crippen molar-refractivity contribution in [1.29, 1.82) is 0 Å². The molecule has 0 aliphatic rings. The van der Waals surface area contributed by atoms with Crippen LogP contribution in [0.1, 0.15) is 22.3 Å². The summed E-state index contributed by atoms with van der Waals surface area (Å²) in [7, 11) is 0. The van der Waals surface area contributed by atoms with Crippen molar-refractivity contribution in [2.75, 3.05) is 12.3 Å². The highest BCUT2D eigenvalue weighted by Gasteiger charge is 2.15. The minimum absolute atomic E-state index is 0.193. The van der Waals surface area contributed by atoms with Crippen molar-refractivity contribution in [3.8, 4) is 5.75 Å². The van der Waals surface area contributed by atoms with Crippen molar-refractivity contribution < 1.29 is 14.3 Å². The lowest BCUT2D eigenvalue weighted by Crippen LogP contribution is -2.11. The molecule has 0 saturated heterocycles. The van der Waals surface area contributed by atoms with E-state index in [-0.39, 0.29) is 13.2 Å². The summed E-state index contributed by atoms with van der Waals surface area (Å²) in [6.07, 6.45) is 3.61. The summed E-state index contributed by atoms with van der Waals surface area (Å²) in [4.78, 5) is 24.9. The molecule has 4 rings (SSSR count). The highest BCUT2D eigenvalue weighted by atomic mass is 35.5. The molecule has 164 valence electrons. The molecule has 2 heterocycles. The molecule has 10 heteroatoms. The Balaban J connectivity index is 1.34. The summed E-state index contributed by atoms with van der Waals surface area (Å²) in [6, 6.07) is 12.1. The predicted octanol–water partition coefficient (Wildman–Crippen LogP) is 4.54. The van der Waals surface area contributed by atoms with Gasteiger partial charge in [0, 0.05) is 22.2 Å². The minimum atomic E-state index is -0.468. The molecule has 4 aromatic rings. The summed E-state index contributed by atoms with van der Waals surface area (Å²) in [5, 5.41) is 1.04. The summed E-state index contributed by atoms with van der Waals surface area (Å²) in [6.45, 7) is 0.975. The molecule has 0 amide bonds. The fraction of sp³-hybridized carbons (Fsp3) is 0.182. The quantitative estimate of drug-likeness (QED) is 0.297. The number of benzene rings is 2. The standard InChI is InChI=1S/C22H19Cl2N5O3/c23-15-7-6-14(17(24)10-15)11-32-18-5-2-1-4-16(18)22(30)31-9-3-8-29-13-28-19-20(25)26-12-27-21(19)29/h1-2,4-7,10,12-13H,3,8-9,11H2,(H2,25,26,27). The highest BCUT2D eigenvalue weighted by Crippen LogP contribution is 2.25. The Morgan fingerprint density at radius 2 is 1.94 bits per heavy atom. The number of esters is 1. The lowest BCUT2D eigenvalue weighted by atomic mass is 10.2. The van der Waals surface area contributed by atoms with Gasteiger partial charge in [-0.2, -0.15) is 0 Å². The fourth-order valence-corrected chi connectivity index (χ4v) is 3.56. The number of nitrogens with zero attached hydrogens (tertiary/aromatic N) is 4. The van der Waals surface area contributed by atoms with Gasteiger partial charge in [0.15, 0.2) is 11.5 Å². The van der Waals surface area contributed by atoms with Gasteiger partial charge < -0.3 is 19.8 Å². The molecule has 2 aromatic carbocycles. The lowest BCUT2D eigenvalue weighted by Gasteiger charge is -2.12. The molecule has 0 spiro atoms. The molecule has 0 aliphatic carbocycles. The third kappa shape index (κ3) is 4.92. The van der Waals surface area contributed by atoms with Crippen molar-refractivity contribution >= 4 is 46.2 Å². The summed E-state index contributed by atoms with van der Waals surface area (Å²) in [5.41, 5.74) is 8.09. The first kappa shape index (κ1) is 21.9. The van der Waals surface area contributed by atoms with Crippen LogP contribution in [0.25, 0.3) is 11.2 Å². The van der Waals surface area contributed by atoms with E-state index in [1.54, 1.807) is 48.8 Å². The molecular formula is C22H19Cl2N5O3. The first-order valence-electron chi connectivity index (χ1n) is 9.77. The maximum Gasteiger partial charge on any atom is 0.341 e. The summed E-state index contributed by atoms with van der Waals surface area (Å²) in [5.74, 6) is 0.276. The Labute approximate surface area is 193 Å². The molecule has 0 radical (unpaired) electrons. The van der Waals surface area contributed by atoms with Crippen LogP contribution in [0.2, 0.25) is 10.0 Å². The van der Waals surface area contributed by atoms with Gasteiger partial charge in [0.05, 0.1) is 12.9 Å². The first-order valence-corrected chi connectivity index (χ1v) is 10.5. The number of anilines is 1. The summed E-state index contributed by atoms with van der Waals surface area (Å²) >= 11 is 12.1. The van der Waals surface area contributed by atoms with Crippen LogP contribution in [0.4, 0.5) is 5.82 Å². The Morgan fingerprint density at radius 1 is 1.09 bits per heavy atom. The largest absolute Gasteiger partial charge is 0.488 e. The van der Waals surface area contributed by atoms with E-state index in [1.165, 1.54) is 6.33 Å². The van der Waals surface area contributed by atoms with Crippen molar-refractivity contribution in [3.05, 3.63) is 76.3 Å². The van der Waals surface area contributed by atoms with Crippen molar-refractivity contribution in [2.45, 2.75) is 19.6 Å². The molecule has 0 aliphatic heterocycles. The lowest BCUT2D eigenvalue weighted by molar-refractivity contribution is 0.0491. The van der Waals surface area contributed by atoms with Gasteiger partial charge in [0.25, 0.3) is 0 Å². The maximum atomic E-state index is 12.6. The Bertz CT molecular complexity index is 1260. The second kappa shape index (κ2) is 9.84. The number of nitrogen functional groups attached to an aromatic ring is 1. The van der Waals surface area contributed by atoms with Crippen LogP contribution < -0.4 is 10.5 Å². The number of carbonyl (C=O) groups excluding carboxylic acids is 1. The number of carbonyl (C=O) groups is 1. The number of hydrogen-bond donors (Lipinski definition) is 1. The number of rotatable bonds is 8. The van der Waals surface area contributed by atoms with E-state index in [2.05, 4.69) is 15.0 Å². The van der Waals surface area contributed by atoms with Gasteiger partial charge in [0.1, 0.15) is 29.8 Å². The number of nitrogens with two attached hydrogens (primary N) is 1. The zero-order valence-electron chi connectivity index (χ0n) is 16.9. The molecule has 32 heavy (non-hydrogen) atoms. The van der Waals surface area contributed by atoms with Crippen LogP contribution in [-0.2, 0) is 17.9 Å². The Morgan fingerprint density at radius 3 is 2.78 bits per heavy atom. The number of hydrogen-bond acceptors (Lipinski definition) is 7. The smallest absolute Gasteiger partial charge is 0.341 e. The van der Waals surface area contributed by atoms with E-state index in [0.29, 0.717) is 51.3 Å². The third-order valence-electron chi connectivity index (χ3n) is 4.71. The van der Waals surface area contributed by atoms with E-state index < -0.39 is 5.97 Å². The van der Waals surface area contributed by atoms with Crippen LogP contribution in [0.3, 0.4) is 0 Å². The zero-order chi connectivity index (χ0) is 22.5. The van der Waals surface area contributed by atoms with E-state index in [9.17, 15) is 4.79 Å². The number of imidazole rings is 1. The maximum absolute atomic E-state index is 12.6. The number of aryl methyl sites for hydroxylation is 1. The monoisotopic (exact) mass is 471 g/mol. The fourth-order valence-electron chi connectivity index (χ4n) is 3.10. The molecule has 2 N–H and O–H groups in total. The minimum Gasteiger partial charge on any atom is -0.488 e. The average Bonchev–Trinajstić information content (AvgIpc) is 3.20. The molecule has 0 bridgehead atoms. The number of halogens is 2. The van der Waals surface area contributed by atoms with E-state index >= 15 is 0 Å². The highest BCUT2D eigenvalue weighted by molar-refractivity contribution is 6.35. The third-order valence-corrected chi connectivity index (χ3v) is 5.30. The van der Waals surface area contributed by atoms with Crippen LogP contribution in [0.15, 0.2) is 55.1 Å². The van der Waals surface area contributed by atoms with Gasteiger partial charge in [-0.1, -0.05) is 41.4 Å². The summed E-state index contributed by atoms with van der Waals surface area (Å²) < 4.78 is 13.1. The molecule has 0 unspecified atom stereocenters. The molecular weight excluding hydrogens is 453 g/mol. The van der Waals surface area contributed by atoms with Crippen molar-refractivity contribution in [2.24, 2.45) is 0 Å². The molecule has 0 saturated carbocycles. The second-order valence-corrected chi connectivity index (χ2v) is 7.72. The van der Waals surface area contributed by atoms with Gasteiger partial charge in [-0.3, -0.25) is 0 Å². The number of aromatic nitrogens is 4. The Kier molecular flexibility index (Phi) is 6.72. The SMILES string of the molecule is Nc1ncnc2c1ncn2CCCOC(=O)c1ccccc1OCc1ccc(Cl)cc1Cl.